The summed E-state index contributed by atoms with van der Waals surface area (Å²) in [6, 6.07) is 0. The molecule has 2 nitrogen and oxygen atoms in total. The molecule has 0 saturated heterocycles. The number of hydrogen-bond donors (Lipinski definition) is 0. The molecule has 0 unspecified atom stereocenters. The Morgan fingerprint density at radius 3 is 1.00 bits per heavy atom. The zero-order valence-electron chi connectivity index (χ0n) is 8.82. The van der Waals surface area contributed by atoms with Crippen LogP contribution >= 0.6 is 0 Å². The molecule has 12 heavy (non-hydrogen) atoms. The molecule has 0 atom stereocenters. The van der Waals surface area contributed by atoms with Gasteiger partial charge in [-0.3, -0.25) is 9.59 Å². The molecule has 0 aliphatic carbocycles. The van der Waals surface area contributed by atoms with Crippen molar-refractivity contribution in [3.63, 3.8) is 0 Å². The second kappa shape index (κ2) is 3.00. The first-order chi connectivity index (χ1) is 5.14. The Kier molecular flexibility index (Phi) is 2.83. The molecule has 0 aromatic heterocycles. The maximum atomic E-state index is 11.3. The second-order valence-corrected chi connectivity index (χ2v) is 4.36. The van der Waals surface area contributed by atoms with E-state index in [2.05, 4.69) is 0 Å². The third kappa shape index (κ3) is 1.57. The molecule has 0 saturated carbocycles. The van der Waals surface area contributed by atoms with Crippen molar-refractivity contribution in [1.29, 1.82) is 0 Å². The van der Waals surface area contributed by atoms with E-state index in [1.54, 1.807) is 0 Å². The standard InChI is InChI=1S/C10H18O2/c1-7(11)9(3,4)10(5,6)8(2)12/h1-6H3. The molecule has 0 bridgehead atoms. The van der Waals surface area contributed by atoms with Crippen LogP contribution in [-0.2, 0) is 9.59 Å². The van der Waals surface area contributed by atoms with Crippen LogP contribution in [0.2, 0.25) is 0 Å². The number of carbonyl (C=O) groups is 2. The van der Waals surface area contributed by atoms with Gasteiger partial charge in [0.2, 0.25) is 0 Å². The minimum atomic E-state index is -0.571. The third-order valence-corrected chi connectivity index (χ3v) is 3.32. The average Bonchev–Trinajstić information content (AvgIpc) is 1.86. The summed E-state index contributed by atoms with van der Waals surface area (Å²) in [5.41, 5.74) is -1.14. The zero-order valence-corrected chi connectivity index (χ0v) is 8.82. The Balaban J connectivity index is 5.01. The average molecular weight is 170 g/mol. The lowest BCUT2D eigenvalue weighted by Gasteiger charge is -2.37. The Labute approximate surface area is 74.3 Å². The van der Waals surface area contributed by atoms with Crippen molar-refractivity contribution in [2.24, 2.45) is 10.8 Å². The molecule has 0 rings (SSSR count). The normalized spacial score (nSPS) is 12.8. The van der Waals surface area contributed by atoms with E-state index in [4.69, 9.17) is 0 Å². The first-order valence-electron chi connectivity index (χ1n) is 4.16. The van der Waals surface area contributed by atoms with Gasteiger partial charge in [0.15, 0.2) is 0 Å². The fourth-order valence-corrected chi connectivity index (χ4v) is 0.880. The van der Waals surface area contributed by atoms with Gasteiger partial charge in [0.25, 0.3) is 0 Å². The third-order valence-electron chi connectivity index (χ3n) is 3.32. The number of hydrogen-bond acceptors (Lipinski definition) is 2. The van der Waals surface area contributed by atoms with Crippen LogP contribution in [0.5, 0.6) is 0 Å². The number of ketones is 2. The van der Waals surface area contributed by atoms with Gasteiger partial charge in [-0.15, -0.1) is 0 Å². The Morgan fingerprint density at radius 1 is 0.750 bits per heavy atom. The summed E-state index contributed by atoms with van der Waals surface area (Å²) in [6.45, 7) is 10.3. The maximum absolute atomic E-state index is 11.3. The van der Waals surface area contributed by atoms with E-state index >= 15 is 0 Å². The Morgan fingerprint density at radius 2 is 0.917 bits per heavy atom. The molecule has 0 spiro atoms. The van der Waals surface area contributed by atoms with E-state index in [1.807, 2.05) is 27.7 Å². The highest BCUT2D eigenvalue weighted by Crippen LogP contribution is 2.39. The summed E-state index contributed by atoms with van der Waals surface area (Å²) in [4.78, 5) is 22.5. The van der Waals surface area contributed by atoms with Crippen LogP contribution in [0.25, 0.3) is 0 Å². The monoisotopic (exact) mass is 170 g/mol. The van der Waals surface area contributed by atoms with Crippen LogP contribution in [0.3, 0.4) is 0 Å². The molecule has 0 amide bonds. The molecule has 0 aliphatic heterocycles. The number of carbonyl (C=O) groups excluding carboxylic acids is 2. The molecule has 0 aromatic rings. The first kappa shape index (κ1) is 11.3. The van der Waals surface area contributed by atoms with Crippen molar-refractivity contribution in [3.05, 3.63) is 0 Å². The van der Waals surface area contributed by atoms with Gasteiger partial charge in [-0.25, -0.2) is 0 Å². The predicted octanol–water partition coefficient (Wildman–Crippen LogP) is 2.22. The van der Waals surface area contributed by atoms with Gasteiger partial charge in [-0.2, -0.15) is 0 Å². The Bertz CT molecular complexity index is 188. The van der Waals surface area contributed by atoms with Gasteiger partial charge in [0.1, 0.15) is 11.6 Å². The van der Waals surface area contributed by atoms with Crippen LogP contribution in [-0.4, -0.2) is 11.6 Å². The Hall–Kier alpha value is -0.660. The molecule has 0 fully saturated rings. The summed E-state index contributed by atoms with van der Waals surface area (Å²) in [7, 11) is 0. The molecule has 70 valence electrons. The van der Waals surface area contributed by atoms with Crippen LogP contribution < -0.4 is 0 Å². The second-order valence-electron chi connectivity index (χ2n) is 4.36. The van der Waals surface area contributed by atoms with Crippen molar-refractivity contribution in [2.75, 3.05) is 0 Å². The molecule has 0 radical (unpaired) electrons. The van der Waals surface area contributed by atoms with Gasteiger partial charge in [-0.05, 0) is 13.8 Å². The molecular weight excluding hydrogens is 152 g/mol. The van der Waals surface area contributed by atoms with Gasteiger partial charge in [-0.1, -0.05) is 27.7 Å². The topological polar surface area (TPSA) is 34.1 Å². The molecular formula is C10H18O2. The van der Waals surface area contributed by atoms with E-state index < -0.39 is 10.8 Å². The SMILES string of the molecule is CC(=O)C(C)(C)C(C)(C)C(C)=O. The lowest BCUT2D eigenvalue weighted by atomic mass is 9.64. The van der Waals surface area contributed by atoms with Gasteiger partial charge in [0, 0.05) is 10.8 Å². The minimum absolute atomic E-state index is 0.0581. The largest absolute Gasteiger partial charge is 0.299 e. The van der Waals surface area contributed by atoms with Crippen LogP contribution in [0.15, 0.2) is 0 Å². The summed E-state index contributed by atoms with van der Waals surface area (Å²) in [5, 5.41) is 0. The minimum Gasteiger partial charge on any atom is -0.299 e. The fraction of sp³-hybridized carbons (Fsp3) is 0.800. The lowest BCUT2D eigenvalue weighted by Crippen LogP contribution is -2.43. The highest BCUT2D eigenvalue weighted by atomic mass is 16.1. The fourth-order valence-electron chi connectivity index (χ4n) is 0.880. The summed E-state index contributed by atoms with van der Waals surface area (Å²) >= 11 is 0. The number of rotatable bonds is 3. The van der Waals surface area contributed by atoms with E-state index in [0.717, 1.165) is 0 Å². The van der Waals surface area contributed by atoms with E-state index in [-0.39, 0.29) is 11.6 Å². The van der Waals surface area contributed by atoms with Gasteiger partial charge < -0.3 is 0 Å². The molecule has 2 heteroatoms. The quantitative estimate of drug-likeness (QED) is 0.650. The van der Waals surface area contributed by atoms with Crippen molar-refractivity contribution in [3.8, 4) is 0 Å². The maximum Gasteiger partial charge on any atom is 0.136 e. The highest BCUT2D eigenvalue weighted by molar-refractivity contribution is 5.92. The van der Waals surface area contributed by atoms with E-state index in [1.165, 1.54) is 13.8 Å². The van der Waals surface area contributed by atoms with Crippen LogP contribution in [0.1, 0.15) is 41.5 Å². The molecule has 0 aromatic carbocycles. The van der Waals surface area contributed by atoms with E-state index in [9.17, 15) is 9.59 Å². The van der Waals surface area contributed by atoms with Crippen molar-refractivity contribution < 1.29 is 9.59 Å². The number of Topliss-reactive ketones (excluding diaryl/α,β-unsaturated/α-hetero) is 2. The lowest BCUT2D eigenvalue weighted by molar-refractivity contribution is -0.141. The van der Waals surface area contributed by atoms with Gasteiger partial charge >= 0.3 is 0 Å². The first-order valence-corrected chi connectivity index (χ1v) is 4.16. The van der Waals surface area contributed by atoms with Crippen molar-refractivity contribution in [2.45, 2.75) is 41.5 Å². The van der Waals surface area contributed by atoms with Crippen LogP contribution in [0, 0.1) is 10.8 Å². The molecule has 0 N–H and O–H groups in total. The summed E-state index contributed by atoms with van der Waals surface area (Å²) in [5.74, 6) is 0.116. The highest BCUT2D eigenvalue weighted by Gasteiger charge is 2.43. The van der Waals surface area contributed by atoms with Gasteiger partial charge in [0.05, 0.1) is 0 Å². The molecule has 0 aliphatic rings. The van der Waals surface area contributed by atoms with Crippen LogP contribution in [0.4, 0.5) is 0 Å². The summed E-state index contributed by atoms with van der Waals surface area (Å²) in [6.07, 6.45) is 0. The van der Waals surface area contributed by atoms with E-state index in [0.29, 0.717) is 0 Å². The predicted molar refractivity (Wildman–Crippen MR) is 48.9 cm³/mol. The van der Waals surface area contributed by atoms with Crippen molar-refractivity contribution in [1.82, 2.24) is 0 Å². The zero-order chi connectivity index (χ0) is 10.2. The summed E-state index contributed by atoms with van der Waals surface area (Å²) < 4.78 is 0. The van der Waals surface area contributed by atoms with Crippen molar-refractivity contribution >= 4 is 11.6 Å². The smallest absolute Gasteiger partial charge is 0.136 e. The molecule has 0 heterocycles.